The average molecular weight is 339 g/mol. The summed E-state index contributed by atoms with van der Waals surface area (Å²) in [4.78, 5) is 14.0. The molecule has 0 saturated carbocycles. The Morgan fingerprint density at radius 3 is 3.17 bits per heavy atom. The van der Waals surface area contributed by atoms with Crippen LogP contribution in [0.1, 0.15) is 19.3 Å². The van der Waals surface area contributed by atoms with Gasteiger partial charge in [0.15, 0.2) is 0 Å². The zero-order chi connectivity index (χ0) is 17.2. The van der Waals surface area contributed by atoms with E-state index < -0.39 is 0 Å². The maximum atomic E-state index is 11.9. The molecule has 2 amide bonds. The summed E-state index contributed by atoms with van der Waals surface area (Å²) < 4.78 is 12.4. The molecule has 1 aliphatic rings. The Labute approximate surface area is 143 Å². The number of amides is 2. The molecule has 24 heavy (non-hydrogen) atoms. The highest BCUT2D eigenvalue weighted by Gasteiger charge is 2.16. The van der Waals surface area contributed by atoms with Crippen molar-refractivity contribution < 1.29 is 14.3 Å². The first-order valence-corrected chi connectivity index (χ1v) is 8.54. The van der Waals surface area contributed by atoms with Gasteiger partial charge in [0.2, 0.25) is 0 Å². The highest BCUT2D eigenvalue weighted by molar-refractivity contribution is 5.88. The van der Waals surface area contributed by atoms with E-state index in [9.17, 15) is 4.79 Å². The van der Waals surface area contributed by atoms with Gasteiger partial charge < -0.3 is 25.0 Å². The summed E-state index contributed by atoms with van der Waals surface area (Å²) in [7, 11) is 3.74. The first kappa shape index (κ1) is 18.7. The monoisotopic (exact) mass is 339 g/mol. The van der Waals surface area contributed by atoms with Gasteiger partial charge in [-0.15, -0.1) is 0 Å². The number of nitrogens with zero attached hydrogens (tertiary/aromatic N) is 3. The Balaban J connectivity index is 1.59. The summed E-state index contributed by atoms with van der Waals surface area (Å²) in [5, 5.41) is 9.91. The van der Waals surface area contributed by atoms with Crippen molar-refractivity contribution in [1.29, 1.82) is 0 Å². The lowest BCUT2D eigenvalue weighted by molar-refractivity contribution is 0.0940. The third-order valence-electron chi connectivity index (χ3n) is 3.99. The lowest BCUT2D eigenvalue weighted by Gasteiger charge is -2.15. The molecule has 2 heterocycles. The summed E-state index contributed by atoms with van der Waals surface area (Å²) in [6.07, 6.45) is 6.81. The number of carbonyl (C=O) groups is 1. The summed E-state index contributed by atoms with van der Waals surface area (Å²) in [6, 6.07) is -0.203. The molecule has 0 radical (unpaired) electrons. The molecule has 0 aliphatic carbocycles. The SMILES string of the molecule is COCCN(C)CCCNC(=O)Nc1cnn(CC2CCCO2)c1. The average Bonchev–Trinajstić information content (AvgIpc) is 3.22. The molecule has 1 fully saturated rings. The molecule has 1 aromatic heterocycles. The van der Waals surface area contributed by atoms with Gasteiger partial charge in [-0.1, -0.05) is 0 Å². The summed E-state index contributed by atoms with van der Waals surface area (Å²) in [5.74, 6) is 0. The maximum Gasteiger partial charge on any atom is 0.319 e. The van der Waals surface area contributed by atoms with E-state index in [1.807, 2.05) is 17.9 Å². The molecule has 1 unspecified atom stereocenters. The second-order valence-electron chi connectivity index (χ2n) is 6.12. The Morgan fingerprint density at radius 1 is 1.54 bits per heavy atom. The lowest BCUT2D eigenvalue weighted by atomic mass is 10.2. The number of ether oxygens (including phenoxy) is 2. The van der Waals surface area contributed by atoms with Gasteiger partial charge in [0, 0.05) is 33.0 Å². The minimum absolute atomic E-state index is 0.203. The molecular formula is C16H29N5O3. The van der Waals surface area contributed by atoms with Crippen LogP contribution >= 0.6 is 0 Å². The highest BCUT2D eigenvalue weighted by Crippen LogP contribution is 2.14. The molecule has 2 N–H and O–H groups in total. The molecule has 0 spiro atoms. The molecule has 1 aliphatic heterocycles. The van der Waals surface area contributed by atoms with Gasteiger partial charge in [0.25, 0.3) is 0 Å². The normalized spacial score (nSPS) is 17.4. The van der Waals surface area contributed by atoms with Crippen molar-refractivity contribution in [1.82, 2.24) is 20.0 Å². The molecule has 8 heteroatoms. The van der Waals surface area contributed by atoms with E-state index in [0.717, 1.165) is 52.1 Å². The lowest BCUT2D eigenvalue weighted by Crippen LogP contribution is -2.32. The number of aromatic nitrogens is 2. The fourth-order valence-corrected chi connectivity index (χ4v) is 2.61. The van der Waals surface area contributed by atoms with E-state index in [1.165, 1.54) is 0 Å². The van der Waals surface area contributed by atoms with Gasteiger partial charge in [-0.05, 0) is 32.9 Å². The van der Waals surface area contributed by atoms with Crippen molar-refractivity contribution in [2.45, 2.75) is 31.9 Å². The van der Waals surface area contributed by atoms with Gasteiger partial charge in [-0.3, -0.25) is 4.68 Å². The molecule has 2 rings (SSSR count). The predicted molar refractivity (Wildman–Crippen MR) is 92.2 cm³/mol. The van der Waals surface area contributed by atoms with Crippen LogP contribution in [0.25, 0.3) is 0 Å². The third kappa shape index (κ3) is 6.86. The van der Waals surface area contributed by atoms with Gasteiger partial charge in [-0.25, -0.2) is 4.79 Å². The quantitative estimate of drug-likeness (QED) is 0.625. The number of carbonyl (C=O) groups excluding carboxylic acids is 1. The number of hydrogen-bond donors (Lipinski definition) is 2. The van der Waals surface area contributed by atoms with E-state index >= 15 is 0 Å². The van der Waals surface area contributed by atoms with Crippen LogP contribution in [0.5, 0.6) is 0 Å². The molecule has 8 nitrogen and oxygen atoms in total. The van der Waals surface area contributed by atoms with Gasteiger partial charge in [0.05, 0.1) is 31.1 Å². The van der Waals surface area contributed by atoms with Crippen molar-refractivity contribution in [2.75, 3.05) is 52.3 Å². The summed E-state index contributed by atoms with van der Waals surface area (Å²) >= 11 is 0. The van der Waals surface area contributed by atoms with Gasteiger partial charge in [0.1, 0.15) is 0 Å². The van der Waals surface area contributed by atoms with Crippen LogP contribution < -0.4 is 10.6 Å². The highest BCUT2D eigenvalue weighted by atomic mass is 16.5. The van der Waals surface area contributed by atoms with Crippen molar-refractivity contribution >= 4 is 11.7 Å². The van der Waals surface area contributed by atoms with E-state index in [2.05, 4.69) is 20.6 Å². The molecule has 1 aromatic rings. The Morgan fingerprint density at radius 2 is 2.42 bits per heavy atom. The second-order valence-corrected chi connectivity index (χ2v) is 6.12. The first-order valence-electron chi connectivity index (χ1n) is 8.54. The number of hydrogen-bond acceptors (Lipinski definition) is 5. The van der Waals surface area contributed by atoms with Crippen LogP contribution in [0, 0.1) is 0 Å². The molecule has 0 bridgehead atoms. The molecule has 1 saturated heterocycles. The number of nitrogens with one attached hydrogen (secondary N) is 2. The fourth-order valence-electron chi connectivity index (χ4n) is 2.61. The Hall–Kier alpha value is -1.64. The Bertz CT molecular complexity index is 488. The van der Waals surface area contributed by atoms with Crippen LogP contribution in [0.2, 0.25) is 0 Å². The number of likely N-dealkylation sites (N-methyl/N-ethyl adjacent to an activating group) is 1. The number of rotatable bonds is 10. The molecular weight excluding hydrogens is 310 g/mol. The Kier molecular flexibility index (Phi) is 8.00. The molecule has 1 atom stereocenters. The minimum Gasteiger partial charge on any atom is -0.383 e. The van der Waals surface area contributed by atoms with E-state index in [1.54, 1.807) is 13.3 Å². The summed E-state index contributed by atoms with van der Waals surface area (Å²) in [6.45, 7) is 4.74. The largest absolute Gasteiger partial charge is 0.383 e. The van der Waals surface area contributed by atoms with Crippen LogP contribution in [0.15, 0.2) is 12.4 Å². The smallest absolute Gasteiger partial charge is 0.319 e. The fraction of sp³-hybridized carbons (Fsp3) is 0.750. The van der Waals surface area contributed by atoms with Crippen molar-refractivity contribution in [2.24, 2.45) is 0 Å². The van der Waals surface area contributed by atoms with E-state index in [4.69, 9.17) is 9.47 Å². The standard InChI is InChI=1S/C16H29N5O3/c1-20(8-10-23-2)7-4-6-17-16(22)19-14-11-18-21(12-14)13-15-5-3-9-24-15/h11-12,15H,3-10,13H2,1-2H3,(H2,17,19,22). The predicted octanol–water partition coefficient (Wildman–Crippen LogP) is 1.15. The van der Waals surface area contributed by atoms with E-state index in [0.29, 0.717) is 12.2 Å². The van der Waals surface area contributed by atoms with E-state index in [-0.39, 0.29) is 12.1 Å². The summed E-state index contributed by atoms with van der Waals surface area (Å²) in [5.41, 5.74) is 0.697. The number of urea groups is 1. The molecule has 0 aromatic carbocycles. The van der Waals surface area contributed by atoms with Crippen LogP contribution in [-0.4, -0.2) is 73.8 Å². The van der Waals surface area contributed by atoms with Crippen molar-refractivity contribution in [3.63, 3.8) is 0 Å². The van der Waals surface area contributed by atoms with Crippen LogP contribution in [0.4, 0.5) is 10.5 Å². The van der Waals surface area contributed by atoms with Crippen LogP contribution in [0.3, 0.4) is 0 Å². The first-order chi connectivity index (χ1) is 11.7. The zero-order valence-corrected chi connectivity index (χ0v) is 14.7. The number of anilines is 1. The zero-order valence-electron chi connectivity index (χ0n) is 14.7. The van der Waals surface area contributed by atoms with Crippen molar-refractivity contribution in [3.8, 4) is 0 Å². The van der Waals surface area contributed by atoms with Gasteiger partial charge in [-0.2, -0.15) is 5.10 Å². The minimum atomic E-state index is -0.203. The topological polar surface area (TPSA) is 80.7 Å². The molecule has 136 valence electrons. The number of methoxy groups -OCH3 is 1. The second kappa shape index (κ2) is 10.3. The van der Waals surface area contributed by atoms with Crippen LogP contribution in [-0.2, 0) is 16.0 Å². The maximum absolute atomic E-state index is 11.9. The van der Waals surface area contributed by atoms with Gasteiger partial charge >= 0.3 is 6.03 Å². The third-order valence-corrected chi connectivity index (χ3v) is 3.99. The van der Waals surface area contributed by atoms with Crippen molar-refractivity contribution in [3.05, 3.63) is 12.4 Å².